The van der Waals surface area contributed by atoms with E-state index in [2.05, 4.69) is 30.6 Å². The minimum Gasteiger partial charge on any atom is -0.488 e. The predicted molar refractivity (Wildman–Crippen MR) is 236 cm³/mol. The van der Waals surface area contributed by atoms with Crippen molar-refractivity contribution < 1.29 is 46.9 Å². The molecule has 5 heterocycles. The first-order chi connectivity index (χ1) is 31.1. The van der Waals surface area contributed by atoms with Crippen LogP contribution in [0.3, 0.4) is 0 Å². The first kappa shape index (κ1) is 45.1. The molecule has 4 aromatic rings. The average Bonchev–Trinajstić information content (AvgIpc) is 3.61. The van der Waals surface area contributed by atoms with E-state index in [9.17, 15) is 28.0 Å². The lowest BCUT2D eigenvalue weighted by Crippen LogP contribution is -2.52. The maximum absolute atomic E-state index is 15.0. The van der Waals surface area contributed by atoms with E-state index in [1.54, 1.807) is 40.1 Å². The summed E-state index contributed by atoms with van der Waals surface area (Å²) in [5, 5.41) is 5.17. The van der Waals surface area contributed by atoms with Gasteiger partial charge in [0.2, 0.25) is 11.8 Å². The Bertz CT molecular complexity index is 2480. The lowest BCUT2D eigenvalue weighted by molar-refractivity contribution is -0.136. The molecule has 6 atom stereocenters. The summed E-state index contributed by atoms with van der Waals surface area (Å²) < 4.78 is 52.1. The number of H-pyrrole nitrogens is 2. The molecule has 0 spiro atoms. The summed E-state index contributed by atoms with van der Waals surface area (Å²) in [5.74, 6) is 1.25. The smallest absolute Gasteiger partial charge is 0.407 e. The van der Waals surface area contributed by atoms with Crippen LogP contribution in [0.5, 0.6) is 11.5 Å². The highest BCUT2D eigenvalue weighted by Gasteiger charge is 2.44. The number of fused-ring (bicyclic) bond motifs is 4. The van der Waals surface area contributed by atoms with Crippen molar-refractivity contribution in [3.8, 4) is 34.0 Å². The van der Waals surface area contributed by atoms with Gasteiger partial charge in [-0.2, -0.15) is 0 Å². The Balaban J connectivity index is 1.02. The first-order valence-corrected chi connectivity index (χ1v) is 22.1. The van der Waals surface area contributed by atoms with Gasteiger partial charge in [0, 0.05) is 45.7 Å². The number of benzene rings is 2. The van der Waals surface area contributed by atoms with Crippen molar-refractivity contribution in [2.75, 3.05) is 33.9 Å². The van der Waals surface area contributed by atoms with Gasteiger partial charge in [-0.05, 0) is 43.7 Å². The second-order valence-corrected chi connectivity index (χ2v) is 18.0. The van der Waals surface area contributed by atoms with Gasteiger partial charge >= 0.3 is 12.2 Å². The number of methoxy groups -OCH3 is 2. The Morgan fingerprint density at radius 3 is 2.15 bits per heavy atom. The molecule has 2 aromatic carbocycles. The summed E-state index contributed by atoms with van der Waals surface area (Å²) in [6, 6.07) is 9.48. The summed E-state index contributed by atoms with van der Waals surface area (Å²) in [7, 11) is 2.44. The lowest BCUT2D eigenvalue weighted by Gasteiger charge is -2.35. The maximum Gasteiger partial charge on any atom is 0.407 e. The van der Waals surface area contributed by atoms with E-state index in [0.29, 0.717) is 41.3 Å². The highest BCUT2D eigenvalue weighted by molar-refractivity contribution is 6.00. The molecule has 16 nitrogen and oxygen atoms in total. The molecule has 65 heavy (non-hydrogen) atoms. The Morgan fingerprint density at radius 1 is 0.877 bits per heavy atom. The summed E-state index contributed by atoms with van der Waals surface area (Å²) in [4.78, 5) is 69.9. The molecule has 1 saturated heterocycles. The number of alkyl carbamates (subject to hydrolysis) is 2. The van der Waals surface area contributed by atoms with E-state index >= 15 is 0 Å². The number of amides is 4. The number of carbonyl (C=O) groups is 4. The number of likely N-dealkylation sites (tertiary alicyclic amines) is 1. The summed E-state index contributed by atoms with van der Waals surface area (Å²) in [6.07, 6.45) is 1.22. The number of imidazole rings is 2. The molecular weight excluding hydrogens is 843 g/mol. The lowest BCUT2D eigenvalue weighted by atomic mass is 9.84. The Labute approximate surface area is 375 Å². The number of halogens is 2. The topological polar surface area (TPSA) is 193 Å². The molecule has 1 unspecified atom stereocenters. The minimum absolute atomic E-state index is 0.00319. The monoisotopic (exact) mass is 898 g/mol. The van der Waals surface area contributed by atoms with Crippen LogP contribution < -0.4 is 20.1 Å². The van der Waals surface area contributed by atoms with Crippen molar-refractivity contribution in [2.24, 2.45) is 17.8 Å². The normalized spacial score (nSPS) is 20.2. The quantitative estimate of drug-likeness (QED) is 0.102. The molecule has 0 bridgehead atoms. The van der Waals surface area contributed by atoms with Crippen LogP contribution in [0.2, 0.25) is 0 Å². The number of hydrogen-bond acceptors (Lipinski definition) is 10. The van der Waals surface area contributed by atoms with E-state index in [4.69, 9.17) is 18.9 Å². The Morgan fingerprint density at radius 2 is 1.51 bits per heavy atom. The van der Waals surface area contributed by atoms with Crippen LogP contribution in [-0.4, -0.2) is 118 Å². The number of ether oxygens (including phenoxy) is 4. The van der Waals surface area contributed by atoms with Gasteiger partial charge in [-0.1, -0.05) is 52.0 Å². The van der Waals surface area contributed by atoms with Gasteiger partial charge in [0.05, 0.1) is 63.7 Å². The van der Waals surface area contributed by atoms with Crippen molar-refractivity contribution >= 4 is 35.1 Å². The average molecular weight is 899 g/mol. The number of rotatable bonds is 14. The molecule has 8 rings (SSSR count). The van der Waals surface area contributed by atoms with Crippen LogP contribution in [0.25, 0.3) is 33.7 Å². The highest BCUT2D eigenvalue weighted by atomic mass is 19.1. The van der Waals surface area contributed by atoms with Gasteiger partial charge in [0.15, 0.2) is 0 Å². The molecule has 4 aliphatic rings. The van der Waals surface area contributed by atoms with Crippen molar-refractivity contribution in [1.29, 1.82) is 0 Å². The zero-order valence-electron chi connectivity index (χ0n) is 37.6. The number of nitrogens with one attached hydrogen (secondary N) is 4. The number of alkyl halides is 2. The molecule has 2 fully saturated rings. The zero-order chi connectivity index (χ0) is 46.3. The molecule has 1 saturated carbocycles. The second-order valence-electron chi connectivity index (χ2n) is 18.0. The van der Waals surface area contributed by atoms with E-state index in [1.807, 2.05) is 36.4 Å². The number of aromatic nitrogens is 4. The molecule has 18 heteroatoms. The van der Waals surface area contributed by atoms with Gasteiger partial charge in [0.25, 0.3) is 0 Å². The summed E-state index contributed by atoms with van der Waals surface area (Å²) in [6.45, 7) is 8.58. The Hall–Kier alpha value is -6.46. The largest absolute Gasteiger partial charge is 0.488 e. The molecule has 1 aliphatic carbocycles. The van der Waals surface area contributed by atoms with Gasteiger partial charge < -0.3 is 49.3 Å². The van der Waals surface area contributed by atoms with E-state index in [-0.39, 0.29) is 44.0 Å². The number of nitrogens with zero attached hydrogens (tertiary/aromatic N) is 4. The fourth-order valence-corrected chi connectivity index (χ4v) is 8.95. The summed E-state index contributed by atoms with van der Waals surface area (Å²) >= 11 is 0. The molecule has 2 aromatic heterocycles. The molecule has 4 amide bonds. The van der Waals surface area contributed by atoms with Crippen LogP contribution in [0.1, 0.15) is 82.7 Å². The molecule has 4 N–H and O–H groups in total. The predicted octanol–water partition coefficient (Wildman–Crippen LogP) is 7.00. The number of hydrogen-bond donors (Lipinski definition) is 4. The third-order valence-electron chi connectivity index (χ3n) is 12.5. The van der Waals surface area contributed by atoms with Crippen molar-refractivity contribution in [3.05, 3.63) is 71.6 Å². The fourth-order valence-electron chi connectivity index (χ4n) is 8.95. The highest BCUT2D eigenvalue weighted by Crippen LogP contribution is 2.52. The third-order valence-corrected chi connectivity index (χ3v) is 12.5. The van der Waals surface area contributed by atoms with E-state index in [1.165, 1.54) is 30.9 Å². The molecule has 3 aliphatic heterocycles. The van der Waals surface area contributed by atoms with Gasteiger partial charge in [0.1, 0.15) is 60.3 Å². The third kappa shape index (κ3) is 9.38. The van der Waals surface area contributed by atoms with Crippen LogP contribution in [-0.2, 0) is 25.6 Å². The van der Waals surface area contributed by atoms with Crippen LogP contribution in [0, 0.1) is 17.8 Å². The zero-order valence-corrected chi connectivity index (χ0v) is 37.6. The molecular formula is C47H56F2N8O8. The van der Waals surface area contributed by atoms with Crippen LogP contribution in [0.4, 0.5) is 18.4 Å². The van der Waals surface area contributed by atoms with Crippen molar-refractivity contribution in [1.82, 2.24) is 40.4 Å². The standard InChI is InChI=1S/C47H56F2N8O8/c1-23(2)40(54-46(60)62-6)44(58)56(19-25(5)48)21-38-50-17-33(52-38)28-10-12-30-32-22-64-36-14-27(11-13-31(36)39(32)42(26-8-9-26)65-37(30)15-28)34-18-51-43(53-34)35-16-29(49)20-57(35)45(59)41(24(3)4)55-47(61)63-7/h10-15,17-18,23-26,29,35,40-42H,8-9,16,19-22H2,1-7H3,(H,50,52)(H,51,53)(H,54,60)(H,55,61)/t25-,29-,35+,40+,41+,42?/m1/s1. The minimum atomic E-state index is -1.32. The summed E-state index contributed by atoms with van der Waals surface area (Å²) in [5.41, 5.74) is 6.99. The van der Waals surface area contributed by atoms with Crippen molar-refractivity contribution in [3.63, 3.8) is 0 Å². The van der Waals surface area contributed by atoms with Gasteiger partial charge in [-0.25, -0.2) is 28.3 Å². The van der Waals surface area contributed by atoms with Gasteiger partial charge in [-0.15, -0.1) is 0 Å². The van der Waals surface area contributed by atoms with E-state index in [0.717, 1.165) is 52.0 Å². The Kier molecular flexibility index (Phi) is 12.9. The van der Waals surface area contributed by atoms with E-state index < -0.39 is 54.5 Å². The molecule has 0 radical (unpaired) electrons. The number of aromatic amines is 2. The SMILES string of the molecule is COC(=O)N[C@H](C(=O)N(Cc1ncc(-c2ccc3c(c2)OC(C2CC2)C2=C3COc3cc(-c4cnc([C@@H]5C[C@@H](F)CN5C(=O)[C@@H](NC(=O)OC)C(C)C)[nH]4)ccc32)[nH]1)C[C@@H](C)F)C(C)C. The maximum atomic E-state index is 15.0. The first-order valence-electron chi connectivity index (χ1n) is 22.1. The van der Waals surface area contributed by atoms with Crippen LogP contribution in [0.15, 0.2) is 48.8 Å². The van der Waals surface area contributed by atoms with Crippen LogP contribution >= 0.6 is 0 Å². The fraction of sp³-hybridized carbons (Fsp3) is 0.489. The van der Waals surface area contributed by atoms with Crippen molar-refractivity contribution in [2.45, 2.75) is 97.0 Å². The van der Waals surface area contributed by atoms with Gasteiger partial charge in [-0.3, -0.25) is 9.59 Å². The number of carbonyl (C=O) groups excluding carboxylic acids is 4. The second kappa shape index (κ2) is 18.6. The molecule has 346 valence electrons.